The topological polar surface area (TPSA) is 64.7 Å². The second-order valence-electron chi connectivity index (χ2n) is 6.65. The number of aromatic nitrogens is 4. The van der Waals surface area contributed by atoms with E-state index in [9.17, 15) is 4.79 Å². The lowest BCUT2D eigenvalue weighted by Crippen LogP contribution is -2.38. The number of nitrogens with zero attached hydrogens (tertiary/aromatic N) is 4. The van der Waals surface area contributed by atoms with Crippen molar-refractivity contribution in [3.05, 3.63) is 34.9 Å². The van der Waals surface area contributed by atoms with E-state index in [1.54, 1.807) is 4.68 Å². The Kier molecular flexibility index (Phi) is 4.24. The zero-order valence-electron chi connectivity index (χ0n) is 14.3. The molecular weight excluding hydrogens is 290 g/mol. The van der Waals surface area contributed by atoms with Crippen LogP contribution in [0.1, 0.15) is 59.0 Å². The molecule has 1 aliphatic carbocycles. The van der Waals surface area contributed by atoms with Crippen LogP contribution >= 0.6 is 0 Å². The van der Waals surface area contributed by atoms with Crippen molar-refractivity contribution in [2.24, 2.45) is 7.05 Å². The summed E-state index contributed by atoms with van der Waals surface area (Å²) in [5.74, 6) is 0.00600. The lowest BCUT2D eigenvalue weighted by Gasteiger charge is -2.29. The number of hydrogen-bond donors (Lipinski definition) is 1. The van der Waals surface area contributed by atoms with Gasteiger partial charge < -0.3 is 5.32 Å². The van der Waals surface area contributed by atoms with Gasteiger partial charge in [-0.1, -0.05) is 0 Å². The third-order valence-electron chi connectivity index (χ3n) is 4.87. The first-order valence-electron chi connectivity index (χ1n) is 8.27. The molecule has 0 radical (unpaired) electrons. The van der Waals surface area contributed by atoms with Gasteiger partial charge in [-0.25, -0.2) is 0 Å². The van der Waals surface area contributed by atoms with Gasteiger partial charge in [-0.15, -0.1) is 0 Å². The number of amides is 1. The van der Waals surface area contributed by atoms with Crippen molar-refractivity contribution in [2.75, 3.05) is 0 Å². The number of nitrogens with one attached hydrogen (secondary N) is 1. The highest BCUT2D eigenvalue weighted by molar-refractivity contribution is 5.96. The average molecular weight is 315 g/mol. The number of hydrogen-bond acceptors (Lipinski definition) is 3. The molecule has 2 aromatic rings. The third kappa shape index (κ3) is 3.16. The van der Waals surface area contributed by atoms with E-state index in [-0.39, 0.29) is 11.9 Å². The zero-order valence-corrected chi connectivity index (χ0v) is 14.3. The molecule has 0 atom stereocenters. The Morgan fingerprint density at radius 3 is 2.43 bits per heavy atom. The predicted octanol–water partition coefficient (Wildman–Crippen LogP) is 2.46. The molecule has 2 aromatic heterocycles. The van der Waals surface area contributed by atoms with Gasteiger partial charge in [0.05, 0.1) is 23.5 Å². The molecule has 0 aliphatic heterocycles. The summed E-state index contributed by atoms with van der Waals surface area (Å²) < 4.78 is 3.84. The monoisotopic (exact) mass is 315 g/mol. The molecule has 1 aliphatic rings. The summed E-state index contributed by atoms with van der Waals surface area (Å²) in [6.07, 6.45) is 8.10. The molecule has 1 fully saturated rings. The molecule has 23 heavy (non-hydrogen) atoms. The van der Waals surface area contributed by atoms with Gasteiger partial charge in [-0.2, -0.15) is 10.2 Å². The lowest BCUT2D eigenvalue weighted by atomic mass is 9.91. The second-order valence-corrected chi connectivity index (χ2v) is 6.65. The van der Waals surface area contributed by atoms with E-state index in [2.05, 4.69) is 33.3 Å². The maximum Gasteiger partial charge on any atom is 0.255 e. The first-order valence-corrected chi connectivity index (χ1v) is 8.27. The van der Waals surface area contributed by atoms with Crippen LogP contribution in [0, 0.1) is 20.8 Å². The first-order chi connectivity index (χ1) is 11.0. The molecule has 1 amide bonds. The molecule has 1 saturated carbocycles. The van der Waals surface area contributed by atoms with E-state index in [0.29, 0.717) is 6.04 Å². The smallest absolute Gasteiger partial charge is 0.255 e. The molecule has 2 heterocycles. The number of rotatable bonds is 3. The molecule has 0 bridgehead atoms. The fourth-order valence-electron chi connectivity index (χ4n) is 3.48. The molecular formula is C17H25N5O. The average Bonchev–Trinajstić information content (AvgIpc) is 3.04. The highest BCUT2D eigenvalue weighted by atomic mass is 16.1. The van der Waals surface area contributed by atoms with Crippen LogP contribution < -0.4 is 5.32 Å². The molecule has 1 N–H and O–H groups in total. The third-order valence-corrected chi connectivity index (χ3v) is 4.87. The van der Waals surface area contributed by atoms with Crippen molar-refractivity contribution in [3.63, 3.8) is 0 Å². The molecule has 0 saturated heterocycles. The Labute approximate surface area is 136 Å². The van der Waals surface area contributed by atoms with Crippen molar-refractivity contribution in [1.29, 1.82) is 0 Å². The number of carbonyl (C=O) groups excluding carboxylic acids is 1. The van der Waals surface area contributed by atoms with Gasteiger partial charge in [-0.05, 0) is 52.0 Å². The fraction of sp³-hybridized carbons (Fsp3) is 0.588. The van der Waals surface area contributed by atoms with Gasteiger partial charge in [-0.3, -0.25) is 14.2 Å². The quantitative estimate of drug-likeness (QED) is 0.946. The van der Waals surface area contributed by atoms with E-state index >= 15 is 0 Å². The number of carbonyl (C=O) groups is 1. The van der Waals surface area contributed by atoms with Crippen LogP contribution in [0.4, 0.5) is 0 Å². The first kappa shape index (κ1) is 15.8. The summed E-state index contributed by atoms with van der Waals surface area (Å²) in [4.78, 5) is 12.5. The van der Waals surface area contributed by atoms with Crippen LogP contribution in [0.15, 0.2) is 12.4 Å². The zero-order chi connectivity index (χ0) is 16.6. The molecule has 0 aromatic carbocycles. The minimum Gasteiger partial charge on any atom is -0.349 e. The van der Waals surface area contributed by atoms with Gasteiger partial charge in [0.25, 0.3) is 5.91 Å². The molecule has 124 valence electrons. The largest absolute Gasteiger partial charge is 0.349 e. The van der Waals surface area contributed by atoms with E-state index in [4.69, 9.17) is 0 Å². The Morgan fingerprint density at radius 1 is 1.22 bits per heavy atom. The van der Waals surface area contributed by atoms with Crippen molar-refractivity contribution in [2.45, 2.75) is 58.5 Å². The van der Waals surface area contributed by atoms with Crippen LogP contribution in [-0.4, -0.2) is 31.5 Å². The van der Waals surface area contributed by atoms with Crippen molar-refractivity contribution < 1.29 is 4.79 Å². The van der Waals surface area contributed by atoms with Crippen LogP contribution in [-0.2, 0) is 7.05 Å². The Morgan fingerprint density at radius 2 is 1.91 bits per heavy atom. The molecule has 3 rings (SSSR count). The second kappa shape index (κ2) is 6.18. The standard InChI is InChI=1S/C17H25N5O/c1-11-9-18-22(10-11)15-7-5-14(6-8-15)19-17(23)16-12(2)20-21(4)13(16)3/h9-10,14-15H,5-8H2,1-4H3,(H,19,23). The number of aryl methyl sites for hydroxylation is 3. The minimum absolute atomic E-state index is 0.00600. The van der Waals surface area contributed by atoms with Crippen LogP contribution in [0.2, 0.25) is 0 Å². The van der Waals surface area contributed by atoms with E-state index in [0.717, 1.165) is 42.6 Å². The van der Waals surface area contributed by atoms with Crippen LogP contribution in [0.3, 0.4) is 0 Å². The Hall–Kier alpha value is -2.11. The molecule has 0 unspecified atom stereocenters. The normalized spacial score (nSPS) is 21.4. The maximum absolute atomic E-state index is 12.5. The molecule has 6 heteroatoms. The highest BCUT2D eigenvalue weighted by Gasteiger charge is 2.26. The van der Waals surface area contributed by atoms with Gasteiger partial charge in [0.1, 0.15) is 0 Å². The van der Waals surface area contributed by atoms with Gasteiger partial charge in [0, 0.05) is 25.0 Å². The van der Waals surface area contributed by atoms with Crippen LogP contribution in [0.25, 0.3) is 0 Å². The molecule has 6 nitrogen and oxygen atoms in total. The van der Waals surface area contributed by atoms with Gasteiger partial charge in [0.2, 0.25) is 0 Å². The maximum atomic E-state index is 12.5. The Balaban J connectivity index is 1.59. The van der Waals surface area contributed by atoms with Crippen LogP contribution in [0.5, 0.6) is 0 Å². The summed E-state index contributed by atoms with van der Waals surface area (Å²) in [6, 6.07) is 0.702. The van der Waals surface area contributed by atoms with E-state index < -0.39 is 0 Å². The van der Waals surface area contributed by atoms with Gasteiger partial charge in [0.15, 0.2) is 0 Å². The summed E-state index contributed by atoms with van der Waals surface area (Å²) in [5, 5.41) is 11.9. The van der Waals surface area contributed by atoms with Crippen molar-refractivity contribution in [3.8, 4) is 0 Å². The minimum atomic E-state index is 0.00600. The summed E-state index contributed by atoms with van der Waals surface area (Å²) in [6.45, 7) is 5.89. The van der Waals surface area contributed by atoms with E-state index in [1.165, 1.54) is 5.56 Å². The highest BCUT2D eigenvalue weighted by Crippen LogP contribution is 2.28. The summed E-state index contributed by atoms with van der Waals surface area (Å²) >= 11 is 0. The van der Waals surface area contributed by atoms with E-state index in [1.807, 2.05) is 27.1 Å². The lowest BCUT2D eigenvalue weighted by molar-refractivity contribution is 0.0920. The fourth-order valence-corrected chi connectivity index (χ4v) is 3.48. The van der Waals surface area contributed by atoms with Gasteiger partial charge >= 0.3 is 0 Å². The SMILES string of the molecule is Cc1cnn(C2CCC(NC(=O)c3c(C)nn(C)c3C)CC2)c1. The van der Waals surface area contributed by atoms with Crippen molar-refractivity contribution >= 4 is 5.91 Å². The van der Waals surface area contributed by atoms with Crippen molar-refractivity contribution in [1.82, 2.24) is 24.9 Å². The summed E-state index contributed by atoms with van der Waals surface area (Å²) in [7, 11) is 1.87. The Bertz CT molecular complexity index is 707. The predicted molar refractivity (Wildman–Crippen MR) is 88.4 cm³/mol. The summed E-state index contributed by atoms with van der Waals surface area (Å²) in [5.41, 5.74) is 3.63. The molecule has 0 spiro atoms.